The zero-order chi connectivity index (χ0) is 55.5. The molecule has 436 valence electrons. The second kappa shape index (κ2) is 57.6. The van der Waals surface area contributed by atoms with E-state index < -0.39 is 57.8 Å². The van der Waals surface area contributed by atoms with Gasteiger partial charge in [0.1, 0.15) is 12.7 Å². The molecule has 0 saturated carbocycles. The van der Waals surface area contributed by atoms with E-state index in [1.54, 1.807) is 0 Å². The van der Waals surface area contributed by atoms with Crippen molar-refractivity contribution in [1.82, 2.24) is 0 Å². The molecule has 0 saturated heterocycles. The van der Waals surface area contributed by atoms with Crippen molar-refractivity contribution in [2.45, 2.75) is 264 Å². The van der Waals surface area contributed by atoms with Crippen LogP contribution in [0.4, 0.5) is 0 Å². The number of hydrogen-bond acceptors (Lipinski definition) is 10. The maximum Gasteiger partial charge on any atom is 0.472 e. The molecular formula is C64H109O11P. The summed E-state index contributed by atoms with van der Waals surface area (Å²) in [6, 6.07) is 0. The highest BCUT2D eigenvalue weighted by Gasteiger charge is 2.28. The van der Waals surface area contributed by atoms with Gasteiger partial charge in [-0.25, -0.2) is 4.57 Å². The van der Waals surface area contributed by atoms with Gasteiger partial charge in [0.15, 0.2) is 6.10 Å². The number of aliphatic hydroxyl groups is 1. The molecule has 2 N–H and O–H groups in total. The summed E-state index contributed by atoms with van der Waals surface area (Å²) in [5, 5.41) is 9.83. The molecule has 3 unspecified atom stereocenters. The van der Waals surface area contributed by atoms with E-state index in [0.29, 0.717) is 19.3 Å². The lowest BCUT2D eigenvalue weighted by atomic mass is 10.1. The molecule has 0 aromatic rings. The molecule has 0 aliphatic carbocycles. The Balaban J connectivity index is 4.72. The number of ether oxygens (including phenoxy) is 3. The van der Waals surface area contributed by atoms with Crippen LogP contribution in [-0.4, -0.2) is 66.5 Å². The predicted octanol–water partition coefficient (Wildman–Crippen LogP) is 18.0. The van der Waals surface area contributed by atoms with E-state index in [4.69, 9.17) is 23.3 Å². The van der Waals surface area contributed by atoms with E-state index in [9.17, 15) is 28.9 Å². The first-order valence-corrected chi connectivity index (χ1v) is 31.6. The Bertz CT molecular complexity index is 1640. The summed E-state index contributed by atoms with van der Waals surface area (Å²) in [5.74, 6) is -1.52. The molecule has 0 heterocycles. The van der Waals surface area contributed by atoms with Crippen LogP contribution in [0.1, 0.15) is 252 Å². The SMILES string of the molecule is CC/C=C\C/C=C\C/C=C\C/C=C\C/C=C\CCCCCC(=O)OC(COC(=O)CCCCCCCCCCCCC)COP(=O)(O)OCC(CO)OC(=O)CCCCCCCC/C=C\C/C=C\C/C=C\CCCCC. The van der Waals surface area contributed by atoms with Gasteiger partial charge in [-0.05, 0) is 103 Å². The highest BCUT2D eigenvalue weighted by molar-refractivity contribution is 7.47. The average molecular weight is 1090 g/mol. The highest BCUT2D eigenvalue weighted by Crippen LogP contribution is 2.43. The lowest BCUT2D eigenvalue weighted by molar-refractivity contribution is -0.161. The first-order valence-electron chi connectivity index (χ1n) is 30.1. The third-order valence-corrected chi connectivity index (χ3v) is 13.4. The van der Waals surface area contributed by atoms with E-state index in [0.717, 1.165) is 122 Å². The van der Waals surface area contributed by atoms with Crippen molar-refractivity contribution in [1.29, 1.82) is 0 Å². The number of esters is 3. The van der Waals surface area contributed by atoms with E-state index in [1.807, 2.05) is 0 Å². The highest BCUT2D eigenvalue weighted by atomic mass is 31.2. The van der Waals surface area contributed by atoms with Gasteiger partial charge in [-0.2, -0.15) is 0 Å². The normalized spacial score (nSPS) is 14.0. The van der Waals surface area contributed by atoms with Crippen LogP contribution < -0.4 is 0 Å². The summed E-state index contributed by atoms with van der Waals surface area (Å²) in [5.41, 5.74) is 0. The van der Waals surface area contributed by atoms with Crippen molar-refractivity contribution in [3.8, 4) is 0 Å². The van der Waals surface area contributed by atoms with Gasteiger partial charge >= 0.3 is 25.7 Å². The molecule has 76 heavy (non-hydrogen) atoms. The number of carbonyl (C=O) groups excluding carboxylic acids is 3. The fourth-order valence-electron chi connectivity index (χ4n) is 7.92. The molecular weight excluding hydrogens is 976 g/mol. The number of phosphoric acid groups is 1. The Morgan fingerprint density at radius 3 is 1.09 bits per heavy atom. The average Bonchev–Trinajstić information content (AvgIpc) is 3.41. The van der Waals surface area contributed by atoms with Crippen LogP contribution in [0, 0.1) is 0 Å². The first-order chi connectivity index (χ1) is 37.2. The van der Waals surface area contributed by atoms with Crippen molar-refractivity contribution < 1.29 is 52.2 Å². The van der Waals surface area contributed by atoms with E-state index in [1.165, 1.54) is 70.6 Å². The lowest BCUT2D eigenvalue weighted by Crippen LogP contribution is -2.30. The van der Waals surface area contributed by atoms with Gasteiger partial charge in [0.2, 0.25) is 0 Å². The minimum absolute atomic E-state index is 0.125. The number of unbranched alkanes of at least 4 members (excludes halogenated alkanes) is 22. The number of allylic oxidation sites excluding steroid dienone is 16. The largest absolute Gasteiger partial charge is 0.472 e. The Labute approximate surface area is 463 Å². The van der Waals surface area contributed by atoms with Crippen LogP contribution in [-0.2, 0) is 42.2 Å². The number of hydrogen-bond donors (Lipinski definition) is 2. The molecule has 0 aromatic carbocycles. The van der Waals surface area contributed by atoms with Crippen molar-refractivity contribution >= 4 is 25.7 Å². The van der Waals surface area contributed by atoms with Gasteiger partial charge < -0.3 is 24.2 Å². The van der Waals surface area contributed by atoms with E-state index in [2.05, 4.69) is 118 Å². The molecule has 0 aliphatic heterocycles. The molecule has 0 aliphatic rings. The second-order valence-electron chi connectivity index (χ2n) is 19.8. The fourth-order valence-corrected chi connectivity index (χ4v) is 8.70. The van der Waals surface area contributed by atoms with Gasteiger partial charge in [-0.1, -0.05) is 227 Å². The predicted molar refractivity (Wildman–Crippen MR) is 316 cm³/mol. The molecule has 0 spiro atoms. The summed E-state index contributed by atoms with van der Waals surface area (Å²) in [6.07, 6.45) is 67.9. The molecule has 0 rings (SSSR count). The third-order valence-electron chi connectivity index (χ3n) is 12.5. The lowest BCUT2D eigenvalue weighted by Gasteiger charge is -2.21. The Hall–Kier alpha value is -3.60. The Kier molecular flexibility index (Phi) is 54.8. The number of carbonyl (C=O) groups is 3. The molecule has 12 heteroatoms. The van der Waals surface area contributed by atoms with Crippen molar-refractivity contribution in [3.05, 3.63) is 97.2 Å². The number of aliphatic hydroxyl groups excluding tert-OH is 1. The fraction of sp³-hybridized carbons (Fsp3) is 0.703. The van der Waals surface area contributed by atoms with Crippen LogP contribution >= 0.6 is 7.82 Å². The van der Waals surface area contributed by atoms with Gasteiger partial charge in [0, 0.05) is 19.3 Å². The number of phosphoric ester groups is 1. The van der Waals surface area contributed by atoms with Crippen molar-refractivity contribution in [2.75, 3.05) is 26.4 Å². The molecule has 0 amide bonds. The van der Waals surface area contributed by atoms with E-state index >= 15 is 0 Å². The maximum absolute atomic E-state index is 12.9. The Morgan fingerprint density at radius 2 is 0.684 bits per heavy atom. The second-order valence-corrected chi connectivity index (χ2v) is 21.2. The molecule has 0 radical (unpaired) electrons. The zero-order valence-corrected chi connectivity index (χ0v) is 49.1. The van der Waals surface area contributed by atoms with Crippen LogP contribution in [0.2, 0.25) is 0 Å². The van der Waals surface area contributed by atoms with E-state index in [-0.39, 0.29) is 25.9 Å². The van der Waals surface area contributed by atoms with Crippen LogP contribution in [0.15, 0.2) is 97.2 Å². The minimum atomic E-state index is -4.77. The van der Waals surface area contributed by atoms with Crippen LogP contribution in [0.5, 0.6) is 0 Å². The topological polar surface area (TPSA) is 155 Å². The van der Waals surface area contributed by atoms with Crippen LogP contribution in [0.3, 0.4) is 0 Å². The molecule has 11 nitrogen and oxygen atoms in total. The maximum atomic E-state index is 12.9. The summed E-state index contributed by atoms with van der Waals surface area (Å²) < 4.78 is 39.5. The van der Waals surface area contributed by atoms with Crippen LogP contribution in [0.25, 0.3) is 0 Å². The summed E-state index contributed by atoms with van der Waals surface area (Å²) in [4.78, 5) is 48.6. The van der Waals surface area contributed by atoms with Gasteiger partial charge in [0.05, 0.1) is 19.8 Å². The Morgan fingerprint density at radius 1 is 0.382 bits per heavy atom. The van der Waals surface area contributed by atoms with Crippen molar-refractivity contribution in [3.63, 3.8) is 0 Å². The molecule has 3 atom stereocenters. The van der Waals surface area contributed by atoms with Gasteiger partial charge in [-0.15, -0.1) is 0 Å². The first kappa shape index (κ1) is 72.4. The number of rotatable bonds is 55. The quantitative estimate of drug-likeness (QED) is 0.0197. The molecule has 0 bridgehead atoms. The zero-order valence-electron chi connectivity index (χ0n) is 48.2. The summed E-state index contributed by atoms with van der Waals surface area (Å²) >= 11 is 0. The summed E-state index contributed by atoms with van der Waals surface area (Å²) in [6.45, 7) is 4.45. The summed E-state index contributed by atoms with van der Waals surface area (Å²) in [7, 11) is -4.77. The molecule has 0 fully saturated rings. The van der Waals surface area contributed by atoms with Gasteiger partial charge in [-0.3, -0.25) is 23.4 Å². The smallest absolute Gasteiger partial charge is 0.462 e. The monoisotopic (exact) mass is 1080 g/mol. The third kappa shape index (κ3) is 55.2. The standard InChI is InChI=1S/C64H109O11P/c1-4-7-10-13-16-19-22-24-26-28-30-32-34-36-39-42-45-48-51-54-63(67)74-60(56-65)58-72-76(69,70)73-59-61(57-71-62(66)53-50-47-44-41-38-21-18-15-12-9-6-3)75-64(68)55-52-49-46-43-40-37-35-33-31-29-27-25-23-20-17-14-11-8-5-2/h8,11,16-17,19-20,24-27,30-33,37,40,60-61,65H,4-7,9-10,12-15,18,21-23,28-29,34-36,38-39,41-59H2,1-3H3,(H,69,70)/b11-8-,19-16-,20-17-,26-24-,27-25-,32-30-,33-31-,40-37-. The van der Waals surface area contributed by atoms with Crippen molar-refractivity contribution in [2.24, 2.45) is 0 Å². The minimum Gasteiger partial charge on any atom is -0.462 e. The van der Waals surface area contributed by atoms with Gasteiger partial charge in [0.25, 0.3) is 0 Å². The molecule has 0 aromatic heterocycles.